The number of amides is 2. The number of likely N-dealkylation sites (tertiary alicyclic amines) is 1. The monoisotopic (exact) mass is 438 g/mol. The lowest BCUT2D eigenvalue weighted by Gasteiger charge is -2.31. The molecular weight excluding hydrogens is 412 g/mol. The van der Waals surface area contributed by atoms with Gasteiger partial charge >= 0.3 is 0 Å². The first-order chi connectivity index (χ1) is 14.9. The highest BCUT2D eigenvalue weighted by atomic mass is 32.1. The number of anilines is 1. The summed E-state index contributed by atoms with van der Waals surface area (Å²) in [5, 5.41) is 9.89. The van der Waals surface area contributed by atoms with Gasteiger partial charge in [-0.25, -0.2) is 14.6 Å². The van der Waals surface area contributed by atoms with Crippen LogP contribution in [0.4, 0.5) is 5.13 Å². The molecule has 31 heavy (non-hydrogen) atoms. The number of hydrogen-bond acceptors (Lipinski definition) is 6. The molecular formula is C22H26N6O2S. The Morgan fingerprint density at radius 3 is 2.61 bits per heavy atom. The van der Waals surface area contributed by atoms with Crippen molar-refractivity contribution in [1.82, 2.24) is 24.6 Å². The third kappa shape index (κ3) is 4.51. The number of thiazole rings is 1. The van der Waals surface area contributed by atoms with Gasteiger partial charge in [-0.05, 0) is 37.8 Å². The van der Waals surface area contributed by atoms with E-state index < -0.39 is 0 Å². The van der Waals surface area contributed by atoms with Gasteiger partial charge in [0.1, 0.15) is 0 Å². The molecule has 1 fully saturated rings. The van der Waals surface area contributed by atoms with E-state index in [1.54, 1.807) is 17.1 Å². The van der Waals surface area contributed by atoms with Crippen LogP contribution in [0.2, 0.25) is 0 Å². The number of piperidine rings is 1. The number of aryl methyl sites for hydroxylation is 1. The van der Waals surface area contributed by atoms with Gasteiger partial charge in [0.25, 0.3) is 5.91 Å². The lowest BCUT2D eigenvalue weighted by Crippen LogP contribution is -2.41. The van der Waals surface area contributed by atoms with Crippen molar-refractivity contribution < 1.29 is 9.59 Å². The van der Waals surface area contributed by atoms with Crippen LogP contribution >= 0.6 is 11.3 Å². The predicted molar refractivity (Wildman–Crippen MR) is 120 cm³/mol. The highest BCUT2D eigenvalue weighted by Crippen LogP contribution is 2.26. The summed E-state index contributed by atoms with van der Waals surface area (Å²) >= 11 is 1.43. The Labute approximate surface area is 185 Å². The van der Waals surface area contributed by atoms with Crippen molar-refractivity contribution in [1.29, 1.82) is 0 Å². The Balaban J connectivity index is 1.44. The molecule has 0 radical (unpaired) electrons. The van der Waals surface area contributed by atoms with Crippen molar-refractivity contribution in [2.24, 2.45) is 5.92 Å². The van der Waals surface area contributed by atoms with Gasteiger partial charge in [0, 0.05) is 30.6 Å². The molecule has 0 unspecified atom stereocenters. The normalized spacial score (nSPS) is 14.8. The molecule has 0 bridgehead atoms. The molecule has 9 heteroatoms. The van der Waals surface area contributed by atoms with Gasteiger partial charge in [-0.3, -0.25) is 9.59 Å². The average molecular weight is 439 g/mol. The fourth-order valence-corrected chi connectivity index (χ4v) is 4.56. The SMILES string of the molecule is Cc1csc(NC(=O)C2CCN(C(=O)c3cnn(-c4ccccn4)c3C(C)C)CC2)n1. The lowest BCUT2D eigenvalue weighted by atomic mass is 9.95. The van der Waals surface area contributed by atoms with E-state index in [-0.39, 0.29) is 23.7 Å². The number of rotatable bonds is 5. The standard InChI is InChI=1S/C22H26N6O2S/c1-14(2)19-17(12-24-28(19)18-6-4-5-9-23-18)21(30)27-10-7-16(8-11-27)20(29)26-22-25-15(3)13-31-22/h4-6,9,12-14,16H,7-8,10-11H2,1-3H3,(H,25,26,29). The summed E-state index contributed by atoms with van der Waals surface area (Å²) in [6, 6.07) is 5.63. The second kappa shape index (κ2) is 8.97. The van der Waals surface area contributed by atoms with Crippen molar-refractivity contribution in [3.63, 3.8) is 0 Å². The fourth-order valence-electron chi connectivity index (χ4n) is 3.87. The summed E-state index contributed by atoms with van der Waals surface area (Å²) in [6.07, 6.45) is 4.61. The van der Waals surface area contributed by atoms with E-state index in [4.69, 9.17) is 0 Å². The topological polar surface area (TPSA) is 93.0 Å². The van der Waals surface area contributed by atoms with Crippen LogP contribution in [-0.4, -0.2) is 49.6 Å². The smallest absolute Gasteiger partial charge is 0.257 e. The second-order valence-corrected chi connectivity index (χ2v) is 8.91. The molecule has 162 valence electrons. The molecule has 2 amide bonds. The van der Waals surface area contributed by atoms with E-state index >= 15 is 0 Å². The van der Waals surface area contributed by atoms with Crippen LogP contribution < -0.4 is 5.32 Å². The van der Waals surface area contributed by atoms with Crippen molar-refractivity contribution in [2.45, 2.75) is 39.5 Å². The zero-order valence-corrected chi connectivity index (χ0v) is 18.7. The number of hydrogen-bond donors (Lipinski definition) is 1. The van der Waals surface area contributed by atoms with Crippen molar-refractivity contribution in [2.75, 3.05) is 18.4 Å². The first-order valence-corrected chi connectivity index (χ1v) is 11.3. The van der Waals surface area contributed by atoms with Gasteiger partial charge in [0.15, 0.2) is 10.9 Å². The van der Waals surface area contributed by atoms with E-state index in [1.807, 2.05) is 49.3 Å². The summed E-state index contributed by atoms with van der Waals surface area (Å²) in [5.41, 5.74) is 2.34. The van der Waals surface area contributed by atoms with Gasteiger partial charge in [-0.2, -0.15) is 5.10 Å². The molecule has 1 aliphatic rings. The van der Waals surface area contributed by atoms with Gasteiger partial charge in [0.2, 0.25) is 5.91 Å². The molecule has 0 aromatic carbocycles. The Morgan fingerprint density at radius 1 is 1.23 bits per heavy atom. The van der Waals surface area contributed by atoms with Crippen molar-refractivity contribution >= 4 is 28.3 Å². The summed E-state index contributed by atoms with van der Waals surface area (Å²) in [6.45, 7) is 7.08. The molecule has 1 aliphatic heterocycles. The fraction of sp³-hybridized carbons (Fsp3) is 0.409. The average Bonchev–Trinajstić information content (AvgIpc) is 3.40. The zero-order valence-electron chi connectivity index (χ0n) is 17.9. The Morgan fingerprint density at radius 2 is 2.00 bits per heavy atom. The maximum Gasteiger partial charge on any atom is 0.257 e. The van der Waals surface area contributed by atoms with Gasteiger partial charge in [-0.15, -0.1) is 11.3 Å². The molecule has 4 rings (SSSR count). The number of carbonyl (C=O) groups is 2. The van der Waals surface area contributed by atoms with Crippen LogP contribution in [0.1, 0.15) is 54.4 Å². The van der Waals surface area contributed by atoms with E-state index in [1.165, 1.54) is 11.3 Å². The van der Waals surface area contributed by atoms with Crippen molar-refractivity contribution in [3.8, 4) is 5.82 Å². The highest BCUT2D eigenvalue weighted by molar-refractivity contribution is 7.13. The minimum absolute atomic E-state index is 0.0210. The number of pyridine rings is 1. The third-order valence-electron chi connectivity index (χ3n) is 5.45. The van der Waals surface area contributed by atoms with Crippen LogP contribution in [0.5, 0.6) is 0 Å². The van der Waals surface area contributed by atoms with Crippen LogP contribution in [0, 0.1) is 12.8 Å². The van der Waals surface area contributed by atoms with Gasteiger partial charge < -0.3 is 10.2 Å². The molecule has 1 N–H and O–H groups in total. The first-order valence-electron chi connectivity index (χ1n) is 10.5. The van der Waals surface area contributed by atoms with Crippen LogP contribution in [0.3, 0.4) is 0 Å². The molecule has 8 nitrogen and oxygen atoms in total. The minimum Gasteiger partial charge on any atom is -0.338 e. The number of aromatic nitrogens is 4. The quantitative estimate of drug-likeness (QED) is 0.656. The van der Waals surface area contributed by atoms with Crippen LogP contribution in [0.15, 0.2) is 36.0 Å². The predicted octanol–water partition coefficient (Wildman–Crippen LogP) is 3.65. The molecule has 3 aromatic rings. The molecule has 0 saturated carbocycles. The number of carbonyl (C=O) groups excluding carboxylic acids is 2. The van der Waals surface area contributed by atoms with Gasteiger partial charge in [0.05, 0.1) is 23.1 Å². The molecule has 1 saturated heterocycles. The summed E-state index contributed by atoms with van der Waals surface area (Å²) in [5.74, 6) is 0.619. The van der Waals surface area contributed by atoms with E-state index in [2.05, 4.69) is 20.4 Å². The van der Waals surface area contributed by atoms with Crippen molar-refractivity contribution in [3.05, 3.63) is 52.9 Å². The maximum absolute atomic E-state index is 13.3. The third-order valence-corrected chi connectivity index (χ3v) is 6.33. The van der Waals surface area contributed by atoms with Crippen LogP contribution in [0.25, 0.3) is 5.82 Å². The largest absolute Gasteiger partial charge is 0.338 e. The lowest BCUT2D eigenvalue weighted by molar-refractivity contribution is -0.121. The molecule has 4 heterocycles. The molecule has 0 aliphatic carbocycles. The number of nitrogens with one attached hydrogen (secondary N) is 1. The first kappa shape index (κ1) is 21.2. The van der Waals surface area contributed by atoms with E-state index in [0.717, 1.165) is 11.4 Å². The van der Waals surface area contributed by atoms with E-state index in [0.29, 0.717) is 42.4 Å². The Kier molecular flexibility index (Phi) is 6.13. The maximum atomic E-state index is 13.3. The highest BCUT2D eigenvalue weighted by Gasteiger charge is 2.31. The van der Waals surface area contributed by atoms with E-state index in [9.17, 15) is 9.59 Å². The summed E-state index contributed by atoms with van der Waals surface area (Å²) in [4.78, 5) is 36.3. The zero-order chi connectivity index (χ0) is 22.0. The Hall–Kier alpha value is -3.07. The van der Waals surface area contributed by atoms with Gasteiger partial charge in [-0.1, -0.05) is 19.9 Å². The summed E-state index contributed by atoms with van der Waals surface area (Å²) in [7, 11) is 0. The Bertz CT molecular complexity index is 1070. The molecule has 0 spiro atoms. The second-order valence-electron chi connectivity index (χ2n) is 8.05. The molecule has 3 aromatic heterocycles. The minimum atomic E-state index is -0.117. The number of nitrogens with zero attached hydrogens (tertiary/aromatic N) is 5. The molecule has 0 atom stereocenters. The summed E-state index contributed by atoms with van der Waals surface area (Å²) < 4.78 is 1.74. The van der Waals surface area contributed by atoms with Crippen LogP contribution in [-0.2, 0) is 4.79 Å².